The van der Waals surface area contributed by atoms with E-state index in [1.165, 1.54) is 48.5 Å². The number of phenols is 1. The van der Waals surface area contributed by atoms with E-state index in [0.717, 1.165) is 6.07 Å². The van der Waals surface area contributed by atoms with Gasteiger partial charge in [0, 0.05) is 47.7 Å². The number of hydrogen-bond donors (Lipinski definition) is 3. The van der Waals surface area contributed by atoms with Crippen LogP contribution in [-0.4, -0.2) is 21.9 Å². The lowest BCUT2D eigenvalue weighted by atomic mass is 9.92. The summed E-state index contributed by atoms with van der Waals surface area (Å²) in [6.07, 6.45) is 0. The fourth-order valence-corrected chi connectivity index (χ4v) is 6.70. The standard InChI is InChI=1S/C22H14Cl4N2O5S2/c23-10-1-5-17(25)15(7-10)19-13-4-3-12(29)9-14(13)21(34(27,30)31)20(22(19)35(28,32)33)16-8-11(24)2-6-18(16)26/h1-9,29H,(H2,27,30,31)(H2,28,32,33). The fraction of sp³-hybridized carbons (Fsp3) is 0. The number of aromatic hydroxyl groups is 1. The molecule has 5 N–H and O–H groups in total. The smallest absolute Gasteiger partial charge is 0.239 e. The van der Waals surface area contributed by atoms with Gasteiger partial charge in [0.2, 0.25) is 20.0 Å². The highest BCUT2D eigenvalue weighted by Crippen LogP contribution is 2.49. The van der Waals surface area contributed by atoms with Gasteiger partial charge in [0.15, 0.2) is 0 Å². The molecule has 0 spiro atoms. The second-order valence-corrected chi connectivity index (χ2v) is 12.2. The van der Waals surface area contributed by atoms with Gasteiger partial charge in [0.25, 0.3) is 0 Å². The number of hydrogen-bond acceptors (Lipinski definition) is 5. The Morgan fingerprint density at radius 2 is 1.09 bits per heavy atom. The maximum absolute atomic E-state index is 13.1. The minimum absolute atomic E-state index is 0.0353. The van der Waals surface area contributed by atoms with Crippen LogP contribution in [0.15, 0.2) is 64.4 Å². The summed E-state index contributed by atoms with van der Waals surface area (Å²) in [6, 6.07) is 12.1. The van der Waals surface area contributed by atoms with E-state index in [9.17, 15) is 21.9 Å². The third-order valence-corrected chi connectivity index (χ3v) is 8.26. The molecule has 4 aromatic rings. The van der Waals surface area contributed by atoms with Crippen LogP contribution >= 0.6 is 46.4 Å². The van der Waals surface area contributed by atoms with E-state index in [-0.39, 0.29) is 53.3 Å². The first-order valence-electron chi connectivity index (χ1n) is 9.49. The Morgan fingerprint density at radius 1 is 0.600 bits per heavy atom. The van der Waals surface area contributed by atoms with Crippen LogP contribution in [0, 0.1) is 0 Å². The highest BCUT2D eigenvalue weighted by atomic mass is 35.5. The van der Waals surface area contributed by atoms with Crippen molar-refractivity contribution in [3.8, 4) is 28.0 Å². The summed E-state index contributed by atoms with van der Waals surface area (Å²) in [6.45, 7) is 0. The molecule has 0 bridgehead atoms. The Hall–Kier alpha value is -2.08. The lowest BCUT2D eigenvalue weighted by Crippen LogP contribution is -2.20. The normalized spacial score (nSPS) is 12.3. The van der Waals surface area contributed by atoms with Crippen molar-refractivity contribution in [1.29, 1.82) is 0 Å². The van der Waals surface area contributed by atoms with Gasteiger partial charge in [-0.15, -0.1) is 0 Å². The van der Waals surface area contributed by atoms with Gasteiger partial charge in [-0.1, -0.05) is 46.4 Å². The minimum Gasteiger partial charge on any atom is -0.508 e. The molecule has 0 saturated heterocycles. The highest BCUT2D eigenvalue weighted by Gasteiger charge is 2.33. The van der Waals surface area contributed by atoms with Crippen molar-refractivity contribution in [2.45, 2.75) is 9.79 Å². The second-order valence-electron chi connectivity index (χ2n) is 7.48. The first-order valence-corrected chi connectivity index (χ1v) is 14.1. The van der Waals surface area contributed by atoms with E-state index >= 15 is 0 Å². The molecule has 0 fully saturated rings. The molecular formula is C22H14Cl4N2O5S2. The van der Waals surface area contributed by atoms with Crippen molar-refractivity contribution in [1.82, 2.24) is 0 Å². The number of primary sulfonamides is 2. The monoisotopic (exact) mass is 590 g/mol. The lowest BCUT2D eigenvalue weighted by molar-refractivity contribution is 0.476. The SMILES string of the molecule is NS(=O)(=O)c1c(-c2cc(Cl)ccc2Cl)c(S(N)(=O)=O)c2cc(O)ccc2c1-c1cc(Cl)ccc1Cl. The Kier molecular flexibility index (Phi) is 6.76. The summed E-state index contributed by atoms with van der Waals surface area (Å²) in [5.74, 6) is -0.308. The molecule has 35 heavy (non-hydrogen) atoms. The lowest BCUT2D eigenvalue weighted by Gasteiger charge is -2.22. The summed E-state index contributed by atoms with van der Waals surface area (Å²) in [4.78, 5) is -1.24. The average Bonchev–Trinajstić information content (AvgIpc) is 2.74. The molecule has 7 nitrogen and oxygen atoms in total. The largest absolute Gasteiger partial charge is 0.508 e. The minimum atomic E-state index is -4.69. The number of sulfonamides is 2. The predicted octanol–water partition coefficient (Wildman–Crippen LogP) is 5.79. The number of fused-ring (bicyclic) bond motifs is 1. The number of halogens is 4. The van der Waals surface area contributed by atoms with Crippen molar-refractivity contribution in [2.75, 3.05) is 0 Å². The van der Waals surface area contributed by atoms with E-state index in [1.807, 2.05) is 0 Å². The summed E-state index contributed by atoms with van der Waals surface area (Å²) < 4.78 is 52.2. The summed E-state index contributed by atoms with van der Waals surface area (Å²) in [7, 11) is -9.34. The third-order valence-electron chi connectivity index (χ3n) is 5.16. The topological polar surface area (TPSA) is 141 Å². The second kappa shape index (κ2) is 9.10. The number of rotatable bonds is 4. The van der Waals surface area contributed by atoms with Gasteiger partial charge < -0.3 is 5.11 Å². The van der Waals surface area contributed by atoms with Gasteiger partial charge in [-0.2, -0.15) is 0 Å². The molecule has 0 unspecified atom stereocenters. The van der Waals surface area contributed by atoms with Crippen molar-refractivity contribution in [3.05, 3.63) is 74.7 Å². The maximum atomic E-state index is 13.1. The Balaban J connectivity index is 2.48. The first-order chi connectivity index (χ1) is 16.2. The Labute approximate surface area is 220 Å². The van der Waals surface area contributed by atoms with Gasteiger partial charge in [0.1, 0.15) is 5.75 Å². The van der Waals surface area contributed by atoms with Crippen LogP contribution in [0.1, 0.15) is 0 Å². The van der Waals surface area contributed by atoms with Gasteiger partial charge >= 0.3 is 0 Å². The average molecular weight is 592 g/mol. The summed E-state index contributed by atoms with van der Waals surface area (Å²) in [5, 5.41) is 21.8. The summed E-state index contributed by atoms with van der Waals surface area (Å²) >= 11 is 25.2. The Morgan fingerprint density at radius 3 is 1.57 bits per heavy atom. The molecule has 0 heterocycles. The zero-order chi connectivity index (χ0) is 25.9. The van der Waals surface area contributed by atoms with Crippen molar-refractivity contribution < 1.29 is 21.9 Å². The summed E-state index contributed by atoms with van der Waals surface area (Å²) in [5.41, 5.74) is -0.420. The molecule has 0 aliphatic heterocycles. The zero-order valence-corrected chi connectivity index (χ0v) is 21.9. The molecule has 0 amide bonds. The zero-order valence-electron chi connectivity index (χ0n) is 17.3. The highest BCUT2D eigenvalue weighted by molar-refractivity contribution is 7.90. The van der Waals surface area contributed by atoms with Gasteiger partial charge in [0.05, 0.1) is 9.79 Å². The number of nitrogens with two attached hydrogens (primary N) is 2. The van der Waals surface area contributed by atoms with E-state index in [1.54, 1.807) is 0 Å². The van der Waals surface area contributed by atoms with Crippen molar-refractivity contribution >= 4 is 77.2 Å². The van der Waals surface area contributed by atoms with Gasteiger partial charge in [-0.25, -0.2) is 27.1 Å². The van der Waals surface area contributed by atoms with Crippen molar-refractivity contribution in [3.63, 3.8) is 0 Å². The maximum Gasteiger partial charge on any atom is 0.239 e. The van der Waals surface area contributed by atoms with E-state index in [2.05, 4.69) is 0 Å². The van der Waals surface area contributed by atoms with Crippen LogP contribution in [0.4, 0.5) is 0 Å². The molecule has 0 saturated carbocycles. The van der Waals surface area contributed by atoms with Crippen LogP contribution in [0.3, 0.4) is 0 Å². The van der Waals surface area contributed by atoms with Crippen LogP contribution in [-0.2, 0) is 20.0 Å². The van der Waals surface area contributed by atoms with Crippen molar-refractivity contribution in [2.24, 2.45) is 10.3 Å². The number of benzene rings is 4. The fourth-order valence-electron chi connectivity index (χ4n) is 3.89. The molecule has 0 aliphatic rings. The molecular weight excluding hydrogens is 578 g/mol. The van der Waals surface area contributed by atoms with Gasteiger partial charge in [-0.3, -0.25) is 0 Å². The molecule has 13 heteroatoms. The van der Waals surface area contributed by atoms with Crippen LogP contribution in [0.2, 0.25) is 20.1 Å². The van der Waals surface area contributed by atoms with Crippen LogP contribution in [0.25, 0.3) is 33.0 Å². The van der Waals surface area contributed by atoms with E-state index < -0.39 is 35.4 Å². The predicted molar refractivity (Wildman–Crippen MR) is 139 cm³/mol. The Bertz CT molecular complexity index is 1760. The molecule has 0 atom stereocenters. The van der Waals surface area contributed by atoms with Crippen LogP contribution < -0.4 is 10.3 Å². The molecule has 0 radical (unpaired) electrons. The van der Waals surface area contributed by atoms with E-state index in [0.29, 0.717) is 0 Å². The van der Waals surface area contributed by atoms with E-state index in [4.69, 9.17) is 56.7 Å². The molecule has 182 valence electrons. The molecule has 4 rings (SSSR count). The van der Waals surface area contributed by atoms with Gasteiger partial charge in [-0.05, 0) is 60.0 Å². The first kappa shape index (κ1) is 26.0. The molecule has 4 aromatic carbocycles. The number of phenolic OH excluding ortho intramolecular Hbond substituents is 1. The third kappa shape index (κ3) is 4.83. The quantitative estimate of drug-likeness (QED) is 0.275. The molecule has 0 aliphatic carbocycles. The molecule has 0 aromatic heterocycles. The van der Waals surface area contributed by atoms with Crippen LogP contribution in [0.5, 0.6) is 5.75 Å².